The second-order valence-electron chi connectivity index (χ2n) is 9.23. The number of alkyl halides is 3. The minimum absolute atomic E-state index is 0.0166. The average Bonchev–Trinajstić information content (AvgIpc) is 3.35. The number of carbonyl (C=O) groups excluding carboxylic acids is 1. The first-order chi connectivity index (χ1) is 17.8. The van der Waals surface area contributed by atoms with Gasteiger partial charge in [-0.3, -0.25) is 4.79 Å². The van der Waals surface area contributed by atoms with E-state index in [2.05, 4.69) is 9.97 Å². The smallest absolute Gasteiger partial charge is 0.342 e. The van der Waals surface area contributed by atoms with Crippen LogP contribution in [0.25, 0.3) is 5.95 Å². The fourth-order valence-corrected chi connectivity index (χ4v) is 4.91. The van der Waals surface area contributed by atoms with Gasteiger partial charge >= 0.3 is 6.18 Å². The van der Waals surface area contributed by atoms with Gasteiger partial charge in [-0.15, -0.1) is 0 Å². The lowest BCUT2D eigenvalue weighted by molar-refractivity contribution is -0.138. The Bertz CT molecular complexity index is 1320. The van der Waals surface area contributed by atoms with Crippen molar-refractivity contribution in [3.8, 4) is 5.95 Å². The Kier molecular flexibility index (Phi) is 6.90. The highest BCUT2D eigenvalue weighted by Gasteiger charge is 2.34. The zero-order valence-corrected chi connectivity index (χ0v) is 19.9. The number of rotatable bonds is 5. The highest BCUT2D eigenvalue weighted by molar-refractivity contribution is 5.79. The molecular formula is C27H25F4N5O. The van der Waals surface area contributed by atoms with Crippen LogP contribution in [0.3, 0.4) is 0 Å². The number of allylic oxidation sites excluding steroid dienone is 4. The molecule has 1 aliphatic heterocycles. The molecule has 2 aromatic heterocycles. The summed E-state index contributed by atoms with van der Waals surface area (Å²) in [5.74, 6) is -0.184. The van der Waals surface area contributed by atoms with Gasteiger partial charge < -0.3 is 4.90 Å². The van der Waals surface area contributed by atoms with Gasteiger partial charge in [-0.05, 0) is 55.2 Å². The van der Waals surface area contributed by atoms with Gasteiger partial charge in [0.1, 0.15) is 5.83 Å². The van der Waals surface area contributed by atoms with Crippen LogP contribution in [-0.4, -0.2) is 43.6 Å². The Morgan fingerprint density at radius 3 is 2.46 bits per heavy atom. The molecule has 1 aromatic carbocycles. The van der Waals surface area contributed by atoms with Crippen LogP contribution in [0, 0.1) is 0 Å². The first-order valence-corrected chi connectivity index (χ1v) is 12.1. The van der Waals surface area contributed by atoms with Crippen molar-refractivity contribution >= 4 is 5.91 Å². The molecule has 0 N–H and O–H groups in total. The first-order valence-electron chi connectivity index (χ1n) is 12.1. The number of hydrogen-bond acceptors (Lipinski definition) is 4. The van der Waals surface area contributed by atoms with Crippen LogP contribution < -0.4 is 0 Å². The summed E-state index contributed by atoms with van der Waals surface area (Å²) in [6, 6.07) is 8.90. The van der Waals surface area contributed by atoms with Gasteiger partial charge in [0.25, 0.3) is 5.95 Å². The first kappa shape index (κ1) is 24.9. The number of aromatic nitrogens is 4. The molecule has 0 saturated carbocycles. The lowest BCUT2D eigenvalue weighted by atomic mass is 9.91. The molecule has 1 amide bonds. The molecule has 0 radical (unpaired) electrons. The van der Waals surface area contributed by atoms with Gasteiger partial charge in [0.05, 0.1) is 23.4 Å². The standard InChI is InChI=1S/C27H25F4N5O/c28-21-8-6-18(7-9-21)23-17-24(36(34-23)26-32-12-3-13-33-26)19-10-14-35(15-11-19)25(37)16-20-4-1-2-5-22(20)27(29,30)31/h1-6,8-9,12-13,17-19H,7,10-11,14-16H2. The Labute approximate surface area is 211 Å². The minimum Gasteiger partial charge on any atom is -0.342 e. The summed E-state index contributed by atoms with van der Waals surface area (Å²) in [5.41, 5.74) is 0.893. The lowest BCUT2D eigenvalue weighted by Crippen LogP contribution is -2.39. The number of likely N-dealkylation sites (tertiary alicyclic amines) is 1. The number of hydrogen-bond donors (Lipinski definition) is 0. The largest absolute Gasteiger partial charge is 0.416 e. The third-order valence-electron chi connectivity index (χ3n) is 6.86. The molecule has 1 aliphatic carbocycles. The second kappa shape index (κ2) is 10.3. The summed E-state index contributed by atoms with van der Waals surface area (Å²) >= 11 is 0. The maximum atomic E-state index is 13.5. The van der Waals surface area contributed by atoms with Crippen molar-refractivity contribution in [2.75, 3.05) is 13.1 Å². The van der Waals surface area contributed by atoms with E-state index in [1.54, 1.807) is 34.1 Å². The Morgan fingerprint density at radius 2 is 1.78 bits per heavy atom. The predicted molar refractivity (Wildman–Crippen MR) is 129 cm³/mol. The molecule has 192 valence electrons. The predicted octanol–water partition coefficient (Wildman–Crippen LogP) is 5.53. The van der Waals surface area contributed by atoms with E-state index in [4.69, 9.17) is 5.10 Å². The number of amides is 1. The SMILES string of the molecule is O=C(Cc1ccccc1C(F)(F)F)N1CCC(c2cc(C3C=CC(F)=CC3)nn2-c2ncccn2)CC1. The van der Waals surface area contributed by atoms with Gasteiger partial charge in [0.15, 0.2) is 0 Å². The normalized spacial score (nSPS) is 18.6. The van der Waals surface area contributed by atoms with Crippen LogP contribution in [-0.2, 0) is 17.4 Å². The van der Waals surface area contributed by atoms with Gasteiger partial charge in [0.2, 0.25) is 5.91 Å². The highest BCUT2D eigenvalue weighted by Crippen LogP contribution is 2.35. The zero-order chi connectivity index (χ0) is 26.0. The number of benzene rings is 1. The van der Waals surface area contributed by atoms with E-state index in [0.717, 1.165) is 17.5 Å². The Morgan fingerprint density at radius 1 is 1.05 bits per heavy atom. The zero-order valence-electron chi connectivity index (χ0n) is 19.9. The summed E-state index contributed by atoms with van der Waals surface area (Å²) in [4.78, 5) is 23.2. The Balaban J connectivity index is 1.32. The summed E-state index contributed by atoms with van der Waals surface area (Å²) in [7, 11) is 0. The van der Waals surface area contributed by atoms with E-state index in [-0.39, 0.29) is 35.6 Å². The quantitative estimate of drug-likeness (QED) is 0.423. The molecule has 1 saturated heterocycles. The fraction of sp³-hybridized carbons (Fsp3) is 0.333. The number of nitrogens with zero attached hydrogens (tertiary/aromatic N) is 5. The number of carbonyl (C=O) groups is 1. The average molecular weight is 512 g/mol. The molecule has 3 heterocycles. The minimum atomic E-state index is -4.51. The van der Waals surface area contributed by atoms with Crippen LogP contribution >= 0.6 is 0 Å². The van der Waals surface area contributed by atoms with E-state index >= 15 is 0 Å². The molecule has 1 unspecified atom stereocenters. The molecule has 0 bridgehead atoms. The van der Waals surface area contributed by atoms with Gasteiger partial charge in [0, 0.05) is 37.3 Å². The van der Waals surface area contributed by atoms with Gasteiger partial charge in [-0.1, -0.05) is 24.3 Å². The number of halogens is 4. The van der Waals surface area contributed by atoms with Crippen molar-refractivity contribution in [2.45, 2.75) is 43.7 Å². The molecule has 37 heavy (non-hydrogen) atoms. The maximum absolute atomic E-state index is 13.5. The van der Waals surface area contributed by atoms with E-state index < -0.39 is 11.7 Å². The third kappa shape index (κ3) is 5.47. The summed E-state index contributed by atoms with van der Waals surface area (Å²) in [5, 5.41) is 4.75. The van der Waals surface area contributed by atoms with Crippen LogP contribution in [0.2, 0.25) is 0 Å². The van der Waals surface area contributed by atoms with E-state index in [9.17, 15) is 22.4 Å². The van der Waals surface area contributed by atoms with Crippen molar-refractivity contribution in [3.05, 3.63) is 95.4 Å². The van der Waals surface area contributed by atoms with E-state index in [1.807, 2.05) is 6.07 Å². The van der Waals surface area contributed by atoms with E-state index in [0.29, 0.717) is 38.3 Å². The van der Waals surface area contributed by atoms with Crippen LogP contribution in [0.15, 0.2) is 72.8 Å². The summed E-state index contributed by atoms with van der Waals surface area (Å²) in [6.45, 7) is 0.844. The molecule has 0 spiro atoms. The molecule has 1 fully saturated rings. The van der Waals surface area contributed by atoms with Gasteiger partial charge in [-0.2, -0.15) is 18.3 Å². The summed E-state index contributed by atoms with van der Waals surface area (Å²) < 4.78 is 55.2. The molecule has 1 atom stereocenters. The number of piperidine rings is 1. The topological polar surface area (TPSA) is 63.9 Å². The second-order valence-corrected chi connectivity index (χ2v) is 9.23. The molecular weight excluding hydrogens is 486 g/mol. The third-order valence-corrected chi connectivity index (χ3v) is 6.86. The van der Waals surface area contributed by atoms with Crippen LogP contribution in [0.5, 0.6) is 0 Å². The van der Waals surface area contributed by atoms with Crippen molar-refractivity contribution in [1.29, 1.82) is 0 Å². The fourth-order valence-electron chi connectivity index (χ4n) is 4.91. The molecule has 6 nitrogen and oxygen atoms in total. The maximum Gasteiger partial charge on any atom is 0.416 e. The van der Waals surface area contributed by atoms with Crippen LogP contribution in [0.4, 0.5) is 17.6 Å². The monoisotopic (exact) mass is 511 g/mol. The lowest BCUT2D eigenvalue weighted by Gasteiger charge is -2.32. The molecule has 3 aromatic rings. The highest BCUT2D eigenvalue weighted by atomic mass is 19.4. The van der Waals surface area contributed by atoms with Crippen molar-refractivity contribution in [2.24, 2.45) is 0 Å². The van der Waals surface area contributed by atoms with Crippen LogP contribution in [0.1, 0.15) is 53.6 Å². The van der Waals surface area contributed by atoms with Crippen molar-refractivity contribution < 1.29 is 22.4 Å². The Hall–Kier alpha value is -3.82. The van der Waals surface area contributed by atoms with Crippen molar-refractivity contribution in [3.63, 3.8) is 0 Å². The van der Waals surface area contributed by atoms with Crippen molar-refractivity contribution in [1.82, 2.24) is 24.6 Å². The molecule has 5 rings (SSSR count). The molecule has 10 heteroatoms. The van der Waals surface area contributed by atoms with Gasteiger partial charge in [-0.25, -0.2) is 19.0 Å². The molecule has 2 aliphatic rings. The summed E-state index contributed by atoms with van der Waals surface area (Å²) in [6.07, 6.45) is 4.97. The van der Waals surface area contributed by atoms with E-state index in [1.165, 1.54) is 30.4 Å².